The summed E-state index contributed by atoms with van der Waals surface area (Å²) in [5.41, 5.74) is 8.76. The van der Waals surface area contributed by atoms with Gasteiger partial charge in [-0.15, -0.1) is 0 Å². The number of nitrogens with one attached hydrogen (secondary N) is 1. The van der Waals surface area contributed by atoms with Crippen molar-refractivity contribution in [3.05, 3.63) is 23.8 Å². The average Bonchev–Trinajstić information content (AvgIpc) is 2.47. The van der Waals surface area contributed by atoms with Crippen LogP contribution in [0.1, 0.15) is 58.9 Å². The number of likely N-dealkylation sites (tertiary alicyclic amines) is 1. The summed E-state index contributed by atoms with van der Waals surface area (Å²) in [4.78, 5) is 13.9. The summed E-state index contributed by atoms with van der Waals surface area (Å²) in [6.45, 7) is 11.3. The van der Waals surface area contributed by atoms with Crippen LogP contribution in [0.4, 0.5) is 16.2 Å². The Hall–Kier alpha value is -1.91. The second-order valence-electron chi connectivity index (χ2n) is 7.89. The van der Waals surface area contributed by atoms with Crippen LogP contribution >= 0.6 is 0 Å². The van der Waals surface area contributed by atoms with Crippen molar-refractivity contribution in [3.63, 3.8) is 0 Å². The van der Waals surface area contributed by atoms with Gasteiger partial charge in [-0.05, 0) is 71.1 Å². The van der Waals surface area contributed by atoms with Crippen LogP contribution < -0.4 is 11.1 Å². The van der Waals surface area contributed by atoms with Gasteiger partial charge in [0.1, 0.15) is 5.60 Å². The summed E-state index contributed by atoms with van der Waals surface area (Å²) in [6.07, 6.45) is 1.67. The molecule has 0 aromatic heterocycles. The molecule has 1 aromatic carbocycles. The van der Waals surface area contributed by atoms with E-state index >= 15 is 0 Å². The minimum Gasteiger partial charge on any atom is -0.444 e. The molecule has 2 rings (SSSR count). The maximum atomic E-state index is 12.1. The van der Waals surface area contributed by atoms with Crippen molar-refractivity contribution >= 4 is 17.5 Å². The van der Waals surface area contributed by atoms with Crippen LogP contribution in [0.5, 0.6) is 0 Å². The maximum absolute atomic E-state index is 12.1. The molecule has 0 aliphatic carbocycles. The summed E-state index contributed by atoms with van der Waals surface area (Å²) < 4.78 is 5.45. The third-order valence-corrected chi connectivity index (χ3v) is 4.14. The highest BCUT2D eigenvalue weighted by Gasteiger charge is 2.27. The van der Waals surface area contributed by atoms with Gasteiger partial charge in [0.05, 0.1) is 11.4 Å². The van der Waals surface area contributed by atoms with Crippen molar-refractivity contribution in [2.75, 3.05) is 24.1 Å². The molecule has 1 aliphatic rings. The predicted octanol–water partition coefficient (Wildman–Crippen LogP) is 4.20. The summed E-state index contributed by atoms with van der Waals surface area (Å²) in [6, 6.07) is 6.63. The molecule has 0 bridgehead atoms. The number of nitrogens with two attached hydrogens (primary N) is 1. The van der Waals surface area contributed by atoms with Gasteiger partial charge in [0.15, 0.2) is 0 Å². The normalized spacial score (nSPS) is 16.3. The largest absolute Gasteiger partial charge is 0.444 e. The van der Waals surface area contributed by atoms with Crippen LogP contribution in [0.3, 0.4) is 0 Å². The summed E-state index contributed by atoms with van der Waals surface area (Å²) in [5, 5.41) is 3.35. The molecule has 1 heterocycles. The third kappa shape index (κ3) is 5.05. The van der Waals surface area contributed by atoms with E-state index in [0.717, 1.165) is 37.3 Å². The van der Waals surface area contributed by atoms with E-state index in [1.807, 2.05) is 20.8 Å². The molecule has 24 heavy (non-hydrogen) atoms. The first kappa shape index (κ1) is 18.4. The highest BCUT2D eigenvalue weighted by Crippen LogP contribution is 2.32. The van der Waals surface area contributed by atoms with Crippen molar-refractivity contribution < 1.29 is 9.53 Å². The Morgan fingerprint density at radius 2 is 1.92 bits per heavy atom. The van der Waals surface area contributed by atoms with Gasteiger partial charge in [0, 0.05) is 19.1 Å². The highest BCUT2D eigenvalue weighted by atomic mass is 16.6. The number of ether oxygens (including phenoxy) is 1. The van der Waals surface area contributed by atoms with Gasteiger partial charge in [-0.2, -0.15) is 0 Å². The Bertz CT molecular complexity index is 570. The van der Waals surface area contributed by atoms with Gasteiger partial charge >= 0.3 is 6.09 Å². The minimum absolute atomic E-state index is 0.211. The first-order chi connectivity index (χ1) is 11.2. The van der Waals surface area contributed by atoms with Gasteiger partial charge in [0.2, 0.25) is 0 Å². The maximum Gasteiger partial charge on any atom is 0.410 e. The van der Waals surface area contributed by atoms with Crippen LogP contribution in [-0.2, 0) is 4.74 Å². The molecule has 0 unspecified atom stereocenters. The molecule has 0 radical (unpaired) electrons. The molecule has 1 aliphatic heterocycles. The zero-order valence-electron chi connectivity index (χ0n) is 15.6. The van der Waals surface area contributed by atoms with Crippen LogP contribution in [0.25, 0.3) is 0 Å². The molecule has 0 saturated carbocycles. The van der Waals surface area contributed by atoms with E-state index in [-0.39, 0.29) is 6.09 Å². The molecule has 0 spiro atoms. The number of piperidine rings is 1. The molecule has 1 amide bonds. The molecular weight excluding hydrogens is 302 g/mol. The SMILES string of the molecule is CC(C)Nc1ccc(C2CCN(C(=O)OC(C)(C)C)CC2)cc1N. The lowest BCUT2D eigenvalue weighted by molar-refractivity contribution is 0.0205. The topological polar surface area (TPSA) is 67.6 Å². The van der Waals surface area contributed by atoms with Gasteiger partial charge in [-0.1, -0.05) is 6.07 Å². The first-order valence-corrected chi connectivity index (χ1v) is 8.79. The Kier molecular flexibility index (Phi) is 5.62. The minimum atomic E-state index is -0.443. The number of amides is 1. The van der Waals surface area contributed by atoms with Crippen molar-refractivity contribution in [2.24, 2.45) is 0 Å². The first-order valence-electron chi connectivity index (χ1n) is 8.79. The molecule has 5 nitrogen and oxygen atoms in total. The smallest absolute Gasteiger partial charge is 0.410 e. The molecule has 134 valence electrons. The molecular formula is C19H31N3O2. The summed E-state index contributed by atoms with van der Waals surface area (Å²) in [7, 11) is 0. The van der Waals surface area contributed by atoms with Crippen LogP contribution in [0.15, 0.2) is 18.2 Å². The van der Waals surface area contributed by atoms with Crippen LogP contribution in [0.2, 0.25) is 0 Å². The number of rotatable bonds is 3. The van der Waals surface area contributed by atoms with Gasteiger partial charge in [0.25, 0.3) is 0 Å². The third-order valence-electron chi connectivity index (χ3n) is 4.14. The monoisotopic (exact) mass is 333 g/mol. The Balaban J connectivity index is 1.95. The van der Waals surface area contributed by atoms with E-state index in [0.29, 0.717) is 12.0 Å². The van der Waals surface area contributed by atoms with Crippen LogP contribution in [-0.4, -0.2) is 35.7 Å². The Morgan fingerprint density at radius 3 is 2.42 bits per heavy atom. The molecule has 0 atom stereocenters. The number of carbonyl (C=O) groups excluding carboxylic acids is 1. The molecule has 1 fully saturated rings. The lowest BCUT2D eigenvalue weighted by Gasteiger charge is -2.33. The number of hydrogen-bond acceptors (Lipinski definition) is 4. The Morgan fingerprint density at radius 1 is 1.29 bits per heavy atom. The predicted molar refractivity (Wildman–Crippen MR) is 99.4 cm³/mol. The van der Waals surface area contributed by atoms with Crippen LogP contribution in [0, 0.1) is 0 Å². The fourth-order valence-electron chi connectivity index (χ4n) is 3.00. The standard InChI is InChI=1S/C19H31N3O2/c1-13(2)21-17-7-6-15(12-16(17)20)14-8-10-22(11-9-14)18(23)24-19(3,4)5/h6-7,12-14,21H,8-11,20H2,1-5H3. The number of nitrogen functional groups attached to an aromatic ring is 1. The zero-order chi connectivity index (χ0) is 17.9. The van der Waals surface area contributed by atoms with E-state index in [2.05, 4.69) is 37.4 Å². The number of anilines is 2. The van der Waals surface area contributed by atoms with E-state index in [4.69, 9.17) is 10.5 Å². The van der Waals surface area contributed by atoms with E-state index in [1.54, 1.807) is 4.90 Å². The number of hydrogen-bond donors (Lipinski definition) is 2. The molecule has 3 N–H and O–H groups in total. The van der Waals surface area contributed by atoms with Gasteiger partial charge in [-0.3, -0.25) is 0 Å². The molecule has 5 heteroatoms. The number of nitrogens with zero attached hydrogens (tertiary/aromatic N) is 1. The Labute approximate surface area is 145 Å². The zero-order valence-corrected chi connectivity index (χ0v) is 15.6. The van der Waals surface area contributed by atoms with Crippen molar-refractivity contribution in [2.45, 2.75) is 65.0 Å². The number of carbonyl (C=O) groups is 1. The highest BCUT2D eigenvalue weighted by molar-refractivity contribution is 5.69. The number of benzene rings is 1. The average molecular weight is 333 g/mol. The quantitative estimate of drug-likeness (QED) is 0.813. The van der Waals surface area contributed by atoms with E-state index in [9.17, 15) is 4.79 Å². The van der Waals surface area contributed by atoms with E-state index in [1.165, 1.54) is 5.56 Å². The second kappa shape index (κ2) is 7.32. The van der Waals surface area contributed by atoms with Gasteiger partial charge < -0.3 is 20.7 Å². The van der Waals surface area contributed by atoms with Gasteiger partial charge in [-0.25, -0.2) is 4.79 Å². The van der Waals surface area contributed by atoms with Crippen molar-refractivity contribution in [3.8, 4) is 0 Å². The van der Waals surface area contributed by atoms with Crippen molar-refractivity contribution in [1.82, 2.24) is 4.90 Å². The molecule has 1 aromatic rings. The second-order valence-corrected chi connectivity index (χ2v) is 7.89. The fraction of sp³-hybridized carbons (Fsp3) is 0.632. The van der Waals surface area contributed by atoms with Crippen molar-refractivity contribution in [1.29, 1.82) is 0 Å². The lowest BCUT2D eigenvalue weighted by atomic mass is 9.89. The summed E-state index contributed by atoms with van der Waals surface area (Å²) >= 11 is 0. The van der Waals surface area contributed by atoms with E-state index < -0.39 is 5.60 Å². The molecule has 1 saturated heterocycles. The fourth-order valence-corrected chi connectivity index (χ4v) is 3.00. The lowest BCUT2D eigenvalue weighted by Crippen LogP contribution is -2.41. The summed E-state index contributed by atoms with van der Waals surface area (Å²) in [5.74, 6) is 0.444.